The molecule has 16 heavy (non-hydrogen) atoms. The topological polar surface area (TPSA) is 34.1 Å². The van der Waals surface area contributed by atoms with Crippen LogP contribution in [0.4, 0.5) is 0 Å². The first kappa shape index (κ1) is 13.6. The summed E-state index contributed by atoms with van der Waals surface area (Å²) >= 11 is 1.82. The van der Waals surface area contributed by atoms with E-state index in [2.05, 4.69) is 31.1 Å². The highest BCUT2D eigenvalue weighted by Gasteiger charge is 2.08. The number of hydrogen-bond donors (Lipinski definition) is 1. The van der Waals surface area contributed by atoms with E-state index in [0.29, 0.717) is 5.92 Å². The van der Waals surface area contributed by atoms with E-state index in [-0.39, 0.29) is 0 Å². The van der Waals surface area contributed by atoms with Crippen LogP contribution in [0.25, 0.3) is 0 Å². The normalized spacial score (nSPS) is 13.0. The van der Waals surface area contributed by atoms with E-state index in [0.717, 1.165) is 26.1 Å². The summed E-state index contributed by atoms with van der Waals surface area (Å²) in [6.07, 6.45) is 1.07. The molecule has 1 unspecified atom stereocenters. The molecule has 1 heterocycles. The third-order valence-electron chi connectivity index (χ3n) is 2.57. The summed E-state index contributed by atoms with van der Waals surface area (Å²) in [5, 5.41) is 4.64. The first-order chi connectivity index (χ1) is 7.63. The number of aromatic nitrogens is 1. The lowest BCUT2D eigenvalue weighted by atomic mass is 10.1. The standard InChI is InChI=1S/C12H22N2OS/c1-9(8-13-5-6-15-4)7-12-14-10(2)11(3)16-12/h9,13H,5-8H2,1-4H3. The summed E-state index contributed by atoms with van der Waals surface area (Å²) in [5.41, 5.74) is 1.18. The van der Waals surface area contributed by atoms with Crippen molar-refractivity contribution in [2.75, 3.05) is 26.8 Å². The van der Waals surface area contributed by atoms with Gasteiger partial charge in [0.15, 0.2) is 0 Å². The van der Waals surface area contributed by atoms with Crippen molar-refractivity contribution in [3.05, 3.63) is 15.6 Å². The average Bonchev–Trinajstić information content (AvgIpc) is 2.53. The number of aryl methyl sites for hydroxylation is 2. The number of thiazole rings is 1. The largest absolute Gasteiger partial charge is 0.383 e. The summed E-state index contributed by atoms with van der Waals surface area (Å²) in [5.74, 6) is 0.627. The highest BCUT2D eigenvalue weighted by atomic mass is 32.1. The molecule has 0 aliphatic carbocycles. The molecule has 0 fully saturated rings. The second-order valence-corrected chi connectivity index (χ2v) is 5.54. The average molecular weight is 242 g/mol. The quantitative estimate of drug-likeness (QED) is 0.744. The minimum absolute atomic E-state index is 0.627. The Morgan fingerprint density at radius 1 is 1.44 bits per heavy atom. The lowest BCUT2D eigenvalue weighted by Gasteiger charge is -2.10. The van der Waals surface area contributed by atoms with Crippen molar-refractivity contribution in [2.45, 2.75) is 27.2 Å². The van der Waals surface area contributed by atoms with Crippen LogP contribution in [-0.4, -0.2) is 31.8 Å². The molecule has 92 valence electrons. The molecule has 1 aromatic heterocycles. The van der Waals surface area contributed by atoms with Crippen LogP contribution in [0.5, 0.6) is 0 Å². The van der Waals surface area contributed by atoms with Crippen molar-refractivity contribution >= 4 is 11.3 Å². The maximum atomic E-state index is 4.99. The highest BCUT2D eigenvalue weighted by molar-refractivity contribution is 7.11. The zero-order chi connectivity index (χ0) is 12.0. The summed E-state index contributed by atoms with van der Waals surface area (Å²) in [4.78, 5) is 5.90. The van der Waals surface area contributed by atoms with Gasteiger partial charge in [-0.2, -0.15) is 0 Å². The summed E-state index contributed by atoms with van der Waals surface area (Å²) < 4.78 is 4.99. The van der Waals surface area contributed by atoms with Crippen LogP contribution in [0, 0.1) is 19.8 Å². The van der Waals surface area contributed by atoms with Crippen LogP contribution >= 0.6 is 11.3 Å². The minimum Gasteiger partial charge on any atom is -0.383 e. The molecular formula is C12H22N2OS. The van der Waals surface area contributed by atoms with E-state index in [1.54, 1.807) is 7.11 Å². The monoisotopic (exact) mass is 242 g/mol. The predicted octanol–water partition coefficient (Wildman–Crippen LogP) is 2.17. The van der Waals surface area contributed by atoms with Gasteiger partial charge in [0, 0.05) is 25.0 Å². The lowest BCUT2D eigenvalue weighted by Crippen LogP contribution is -2.25. The number of rotatable bonds is 7. The fourth-order valence-corrected chi connectivity index (χ4v) is 2.62. The first-order valence-corrected chi connectivity index (χ1v) is 6.57. The number of methoxy groups -OCH3 is 1. The maximum Gasteiger partial charge on any atom is 0.0934 e. The van der Waals surface area contributed by atoms with Gasteiger partial charge in [-0.3, -0.25) is 0 Å². The second-order valence-electron chi connectivity index (χ2n) is 4.26. The van der Waals surface area contributed by atoms with Crippen LogP contribution in [0.3, 0.4) is 0 Å². The van der Waals surface area contributed by atoms with Crippen LogP contribution in [0.2, 0.25) is 0 Å². The molecular weight excluding hydrogens is 220 g/mol. The Labute approximate surface area is 102 Å². The van der Waals surface area contributed by atoms with Gasteiger partial charge in [0.1, 0.15) is 0 Å². The van der Waals surface area contributed by atoms with Gasteiger partial charge >= 0.3 is 0 Å². The van der Waals surface area contributed by atoms with E-state index >= 15 is 0 Å². The van der Waals surface area contributed by atoms with Crippen LogP contribution in [-0.2, 0) is 11.2 Å². The third-order valence-corrected chi connectivity index (χ3v) is 3.67. The van der Waals surface area contributed by atoms with Crippen molar-refractivity contribution in [3.8, 4) is 0 Å². The van der Waals surface area contributed by atoms with E-state index in [4.69, 9.17) is 4.74 Å². The molecule has 4 heteroatoms. The van der Waals surface area contributed by atoms with Gasteiger partial charge in [0.2, 0.25) is 0 Å². The Morgan fingerprint density at radius 2 is 2.19 bits per heavy atom. The van der Waals surface area contributed by atoms with Crippen molar-refractivity contribution in [3.63, 3.8) is 0 Å². The molecule has 1 rings (SSSR count). The SMILES string of the molecule is COCCNCC(C)Cc1nc(C)c(C)s1. The Bertz CT molecular complexity index is 292. The number of nitrogens with zero attached hydrogens (tertiary/aromatic N) is 1. The third kappa shape index (κ3) is 4.60. The fraction of sp³-hybridized carbons (Fsp3) is 0.750. The lowest BCUT2D eigenvalue weighted by molar-refractivity contribution is 0.198. The van der Waals surface area contributed by atoms with Crippen molar-refractivity contribution < 1.29 is 4.74 Å². The van der Waals surface area contributed by atoms with Gasteiger partial charge in [0.05, 0.1) is 17.3 Å². The Hall–Kier alpha value is -0.450. The highest BCUT2D eigenvalue weighted by Crippen LogP contribution is 2.19. The van der Waals surface area contributed by atoms with Gasteiger partial charge in [-0.1, -0.05) is 6.92 Å². The molecule has 0 amide bonds. The van der Waals surface area contributed by atoms with Crippen molar-refractivity contribution in [1.29, 1.82) is 0 Å². The molecule has 0 aliphatic heterocycles. The fourth-order valence-electron chi connectivity index (χ4n) is 1.52. The van der Waals surface area contributed by atoms with Crippen LogP contribution < -0.4 is 5.32 Å². The minimum atomic E-state index is 0.627. The van der Waals surface area contributed by atoms with Crippen LogP contribution in [0.15, 0.2) is 0 Å². The summed E-state index contributed by atoms with van der Waals surface area (Å²) in [6, 6.07) is 0. The van der Waals surface area contributed by atoms with E-state index in [1.807, 2.05) is 11.3 Å². The number of hydrogen-bond acceptors (Lipinski definition) is 4. The predicted molar refractivity (Wildman–Crippen MR) is 69.2 cm³/mol. The van der Waals surface area contributed by atoms with Crippen LogP contribution in [0.1, 0.15) is 22.5 Å². The van der Waals surface area contributed by atoms with Gasteiger partial charge in [-0.05, 0) is 26.3 Å². The number of nitrogens with one attached hydrogen (secondary N) is 1. The molecule has 1 N–H and O–H groups in total. The Balaban J connectivity index is 2.25. The zero-order valence-electron chi connectivity index (χ0n) is 10.7. The molecule has 0 radical (unpaired) electrons. The van der Waals surface area contributed by atoms with Crippen molar-refractivity contribution in [2.24, 2.45) is 5.92 Å². The molecule has 0 spiro atoms. The van der Waals surface area contributed by atoms with Gasteiger partial charge in [-0.25, -0.2) is 4.98 Å². The van der Waals surface area contributed by atoms with Gasteiger partial charge in [-0.15, -0.1) is 11.3 Å². The molecule has 3 nitrogen and oxygen atoms in total. The first-order valence-electron chi connectivity index (χ1n) is 5.76. The summed E-state index contributed by atoms with van der Waals surface area (Å²) in [6.45, 7) is 9.21. The van der Waals surface area contributed by atoms with Gasteiger partial charge < -0.3 is 10.1 Å². The Morgan fingerprint density at radius 3 is 2.75 bits per heavy atom. The van der Waals surface area contributed by atoms with E-state index in [1.165, 1.54) is 15.6 Å². The van der Waals surface area contributed by atoms with Gasteiger partial charge in [0.25, 0.3) is 0 Å². The Kier molecular flexibility index (Phi) is 5.95. The molecule has 0 saturated carbocycles. The van der Waals surface area contributed by atoms with E-state index < -0.39 is 0 Å². The molecule has 0 saturated heterocycles. The molecule has 0 aromatic carbocycles. The second kappa shape index (κ2) is 6.99. The molecule has 0 aliphatic rings. The molecule has 1 atom stereocenters. The molecule has 1 aromatic rings. The van der Waals surface area contributed by atoms with Crippen molar-refractivity contribution in [1.82, 2.24) is 10.3 Å². The van der Waals surface area contributed by atoms with E-state index in [9.17, 15) is 0 Å². The smallest absolute Gasteiger partial charge is 0.0934 e. The summed E-state index contributed by atoms with van der Waals surface area (Å²) in [7, 11) is 1.73. The zero-order valence-corrected chi connectivity index (χ0v) is 11.5. The number of ether oxygens (including phenoxy) is 1. The molecule has 0 bridgehead atoms. The maximum absolute atomic E-state index is 4.99.